The molecule has 0 spiro atoms. The van der Waals surface area contributed by atoms with Gasteiger partial charge < -0.3 is 10.1 Å². The summed E-state index contributed by atoms with van der Waals surface area (Å²) in [7, 11) is 1.70. The summed E-state index contributed by atoms with van der Waals surface area (Å²) in [4.78, 5) is 4.24. The van der Waals surface area contributed by atoms with Gasteiger partial charge in [-0.1, -0.05) is 0 Å². The van der Waals surface area contributed by atoms with Gasteiger partial charge in [-0.3, -0.25) is 4.40 Å². The molecule has 0 aromatic carbocycles. The van der Waals surface area contributed by atoms with Crippen LogP contribution in [0.15, 0.2) is 12.4 Å². The number of methoxy groups -OCH3 is 1. The van der Waals surface area contributed by atoms with E-state index < -0.39 is 0 Å². The summed E-state index contributed by atoms with van der Waals surface area (Å²) in [5.74, 6) is 1.62. The van der Waals surface area contributed by atoms with Crippen molar-refractivity contribution >= 4 is 11.5 Å². The van der Waals surface area contributed by atoms with Gasteiger partial charge in [0.25, 0.3) is 0 Å². The van der Waals surface area contributed by atoms with E-state index in [0.29, 0.717) is 0 Å². The number of rotatable bonds is 5. The van der Waals surface area contributed by atoms with Crippen LogP contribution in [0.4, 0.5) is 5.82 Å². The fraction of sp³-hybridized carbons (Fsp3) is 0.500. The van der Waals surface area contributed by atoms with Crippen LogP contribution in [-0.2, 0) is 4.74 Å². The number of aromatic nitrogens is 4. The number of ether oxygens (including phenoxy) is 1. The minimum absolute atomic E-state index is 0.738. The van der Waals surface area contributed by atoms with Crippen LogP contribution in [0.3, 0.4) is 0 Å². The van der Waals surface area contributed by atoms with E-state index in [9.17, 15) is 0 Å². The third-order valence-electron chi connectivity index (χ3n) is 2.32. The Morgan fingerprint density at radius 3 is 3.12 bits per heavy atom. The summed E-state index contributed by atoms with van der Waals surface area (Å²) in [6, 6.07) is 0. The molecule has 0 saturated carbocycles. The summed E-state index contributed by atoms with van der Waals surface area (Å²) in [5, 5.41) is 11.3. The van der Waals surface area contributed by atoms with Crippen LogP contribution < -0.4 is 5.32 Å². The van der Waals surface area contributed by atoms with Gasteiger partial charge in [-0.2, -0.15) is 0 Å². The highest BCUT2D eigenvalue weighted by Crippen LogP contribution is 2.11. The summed E-state index contributed by atoms with van der Waals surface area (Å²) in [6.07, 6.45) is 4.53. The number of nitrogens with one attached hydrogen (secondary N) is 1. The number of fused-ring (bicyclic) bond motifs is 1. The number of aryl methyl sites for hydroxylation is 1. The van der Waals surface area contributed by atoms with Crippen molar-refractivity contribution in [2.75, 3.05) is 25.6 Å². The fourth-order valence-electron chi connectivity index (χ4n) is 1.49. The zero-order valence-electron chi connectivity index (χ0n) is 9.47. The van der Waals surface area contributed by atoms with Crippen LogP contribution >= 0.6 is 0 Å². The highest BCUT2D eigenvalue weighted by atomic mass is 16.5. The Morgan fingerprint density at radius 1 is 1.44 bits per heavy atom. The highest BCUT2D eigenvalue weighted by Gasteiger charge is 2.06. The Morgan fingerprint density at radius 2 is 2.31 bits per heavy atom. The van der Waals surface area contributed by atoms with Gasteiger partial charge in [0.15, 0.2) is 5.82 Å². The number of nitrogens with zero attached hydrogens (tertiary/aromatic N) is 4. The lowest BCUT2D eigenvalue weighted by Crippen LogP contribution is -2.07. The second-order valence-corrected chi connectivity index (χ2v) is 3.49. The maximum absolute atomic E-state index is 4.98. The Hall–Kier alpha value is -1.69. The maximum Gasteiger partial charge on any atom is 0.203 e. The van der Waals surface area contributed by atoms with Crippen molar-refractivity contribution in [1.29, 1.82) is 0 Å². The lowest BCUT2D eigenvalue weighted by molar-refractivity contribution is 0.198. The molecule has 0 aliphatic rings. The van der Waals surface area contributed by atoms with E-state index in [-0.39, 0.29) is 0 Å². The van der Waals surface area contributed by atoms with E-state index >= 15 is 0 Å². The molecule has 0 radical (unpaired) electrons. The number of hydrogen-bond acceptors (Lipinski definition) is 5. The normalized spacial score (nSPS) is 10.9. The lowest BCUT2D eigenvalue weighted by atomic mass is 10.4. The molecular weight excluding hydrogens is 206 g/mol. The maximum atomic E-state index is 4.98. The molecule has 2 rings (SSSR count). The molecule has 0 fully saturated rings. The molecule has 2 heterocycles. The largest absolute Gasteiger partial charge is 0.385 e. The van der Waals surface area contributed by atoms with Crippen molar-refractivity contribution in [3.8, 4) is 0 Å². The molecule has 0 amide bonds. The molecule has 0 aliphatic heterocycles. The summed E-state index contributed by atoms with van der Waals surface area (Å²) >= 11 is 0. The van der Waals surface area contributed by atoms with Crippen LogP contribution in [0.5, 0.6) is 0 Å². The average molecular weight is 221 g/mol. The molecule has 0 aliphatic carbocycles. The third-order valence-corrected chi connectivity index (χ3v) is 2.32. The second kappa shape index (κ2) is 4.89. The number of hydrogen-bond donors (Lipinski definition) is 1. The van der Waals surface area contributed by atoms with Gasteiger partial charge in [-0.05, 0) is 13.3 Å². The van der Waals surface area contributed by atoms with Crippen LogP contribution in [0, 0.1) is 6.92 Å². The lowest BCUT2D eigenvalue weighted by Gasteiger charge is -2.05. The molecular formula is C10H15N5O. The van der Waals surface area contributed by atoms with Crippen molar-refractivity contribution in [2.24, 2.45) is 0 Å². The first kappa shape index (κ1) is 10.8. The highest BCUT2D eigenvalue weighted by molar-refractivity contribution is 5.61. The Labute approximate surface area is 93.7 Å². The zero-order valence-corrected chi connectivity index (χ0v) is 9.47. The third kappa shape index (κ3) is 2.11. The quantitative estimate of drug-likeness (QED) is 0.759. The zero-order chi connectivity index (χ0) is 11.4. The summed E-state index contributed by atoms with van der Waals surface area (Å²) < 4.78 is 6.89. The Bertz CT molecular complexity index is 467. The van der Waals surface area contributed by atoms with E-state index in [2.05, 4.69) is 20.5 Å². The molecule has 0 saturated heterocycles. The van der Waals surface area contributed by atoms with Gasteiger partial charge in [-0.15, -0.1) is 10.2 Å². The van der Waals surface area contributed by atoms with Crippen molar-refractivity contribution in [1.82, 2.24) is 19.6 Å². The SMILES string of the molecule is COCCCNc1nccn2c(C)nnc12. The minimum atomic E-state index is 0.738. The average Bonchev–Trinajstić information content (AvgIpc) is 2.68. The number of anilines is 1. The molecule has 6 heteroatoms. The van der Waals surface area contributed by atoms with Crippen LogP contribution in [0.1, 0.15) is 12.2 Å². The van der Waals surface area contributed by atoms with Gasteiger partial charge >= 0.3 is 0 Å². The molecule has 6 nitrogen and oxygen atoms in total. The van der Waals surface area contributed by atoms with Gasteiger partial charge in [0.1, 0.15) is 5.82 Å². The molecule has 0 unspecified atom stereocenters. The van der Waals surface area contributed by atoms with Gasteiger partial charge in [0, 0.05) is 32.7 Å². The van der Waals surface area contributed by atoms with E-state index in [4.69, 9.17) is 4.74 Å². The second-order valence-electron chi connectivity index (χ2n) is 3.49. The van der Waals surface area contributed by atoms with E-state index in [1.807, 2.05) is 17.5 Å². The molecule has 1 N–H and O–H groups in total. The minimum Gasteiger partial charge on any atom is -0.385 e. The summed E-state index contributed by atoms with van der Waals surface area (Å²) in [5.41, 5.74) is 0.761. The monoisotopic (exact) mass is 221 g/mol. The van der Waals surface area contributed by atoms with Gasteiger partial charge in [0.05, 0.1) is 0 Å². The first-order valence-electron chi connectivity index (χ1n) is 5.22. The van der Waals surface area contributed by atoms with Crippen LogP contribution in [-0.4, -0.2) is 39.8 Å². The van der Waals surface area contributed by atoms with Crippen molar-refractivity contribution in [3.63, 3.8) is 0 Å². The smallest absolute Gasteiger partial charge is 0.203 e. The van der Waals surface area contributed by atoms with Crippen LogP contribution in [0.25, 0.3) is 5.65 Å². The first-order valence-corrected chi connectivity index (χ1v) is 5.22. The van der Waals surface area contributed by atoms with E-state index in [0.717, 1.165) is 36.9 Å². The molecule has 16 heavy (non-hydrogen) atoms. The van der Waals surface area contributed by atoms with Gasteiger partial charge in [0.2, 0.25) is 5.65 Å². The molecule has 86 valence electrons. The van der Waals surface area contributed by atoms with E-state index in [1.165, 1.54) is 0 Å². The molecule has 0 bridgehead atoms. The Balaban J connectivity index is 2.11. The van der Waals surface area contributed by atoms with E-state index in [1.54, 1.807) is 13.3 Å². The van der Waals surface area contributed by atoms with Crippen molar-refractivity contribution in [3.05, 3.63) is 18.2 Å². The molecule has 2 aromatic rings. The standard InChI is InChI=1S/C10H15N5O/c1-8-13-14-10-9(11-4-3-7-16-2)12-5-6-15(8)10/h5-6H,3-4,7H2,1-2H3,(H,11,12). The van der Waals surface area contributed by atoms with Crippen molar-refractivity contribution in [2.45, 2.75) is 13.3 Å². The molecule has 2 aromatic heterocycles. The first-order chi connectivity index (χ1) is 7.83. The predicted molar refractivity (Wildman–Crippen MR) is 60.5 cm³/mol. The summed E-state index contributed by atoms with van der Waals surface area (Å²) in [6.45, 7) is 3.46. The molecule has 0 atom stereocenters. The van der Waals surface area contributed by atoms with Gasteiger partial charge in [-0.25, -0.2) is 4.98 Å². The topological polar surface area (TPSA) is 64.3 Å². The fourth-order valence-corrected chi connectivity index (χ4v) is 1.49. The van der Waals surface area contributed by atoms with Crippen LogP contribution in [0.2, 0.25) is 0 Å². The Kier molecular flexibility index (Phi) is 3.31. The van der Waals surface area contributed by atoms with Crippen molar-refractivity contribution < 1.29 is 4.74 Å². The predicted octanol–water partition coefficient (Wildman–Crippen LogP) is 0.881.